The number of ether oxygens (including phenoxy) is 2. The van der Waals surface area contributed by atoms with E-state index in [1.807, 2.05) is 0 Å². The van der Waals surface area contributed by atoms with Crippen molar-refractivity contribution in [2.24, 2.45) is 0 Å². The van der Waals surface area contributed by atoms with E-state index in [-0.39, 0.29) is 42.8 Å². The van der Waals surface area contributed by atoms with E-state index < -0.39 is 23.5 Å². The summed E-state index contributed by atoms with van der Waals surface area (Å²) in [4.78, 5) is 34.6. The fourth-order valence-electron chi connectivity index (χ4n) is 1.93. The second kappa shape index (κ2) is 8.98. The molecule has 1 unspecified atom stereocenters. The molecule has 0 aliphatic rings. The van der Waals surface area contributed by atoms with E-state index in [0.29, 0.717) is 0 Å². The lowest BCUT2D eigenvalue weighted by atomic mass is 9.98. The first kappa shape index (κ1) is 20.4. The van der Waals surface area contributed by atoms with Gasteiger partial charge in [-0.2, -0.15) is 0 Å². The molecule has 0 bridgehead atoms. The van der Waals surface area contributed by atoms with Gasteiger partial charge in [-0.15, -0.1) is 0 Å². The maximum Gasteiger partial charge on any atom is 0.339 e. The molecule has 0 saturated heterocycles. The molecule has 136 valence electrons. The molecule has 0 heterocycles. The highest BCUT2D eigenvalue weighted by Crippen LogP contribution is 2.18. The zero-order chi connectivity index (χ0) is 19.0. The van der Waals surface area contributed by atoms with Crippen LogP contribution in [0.1, 0.15) is 47.4 Å². The first-order valence-corrected chi connectivity index (χ1v) is 7.74. The maximum absolute atomic E-state index is 12.1. The van der Waals surface area contributed by atoms with Gasteiger partial charge in [-0.1, -0.05) is 25.6 Å². The molecular formula is C18H22O7. The molecule has 0 fully saturated rings. The van der Waals surface area contributed by atoms with Crippen molar-refractivity contribution in [1.82, 2.24) is 0 Å². The van der Waals surface area contributed by atoms with Crippen LogP contribution in [0, 0.1) is 0 Å². The number of hydrogen-bond donors (Lipinski definition) is 2. The van der Waals surface area contributed by atoms with Crippen molar-refractivity contribution in [1.29, 1.82) is 0 Å². The molecule has 25 heavy (non-hydrogen) atoms. The molecule has 7 nitrogen and oxygen atoms in total. The second-order valence-electron chi connectivity index (χ2n) is 5.67. The standard InChI is InChI=1S/C18H22O7/c1-4-18(23,9-10-24-16(21)12(2)3)11-25-17(22)14-8-6-5-7-13(14)15(19)20/h5-8,23H,2,4,9-11H2,1,3H3,(H,19,20). The number of carboxylic acid groups (broad SMARTS) is 1. The Bertz CT molecular complexity index is 665. The summed E-state index contributed by atoms with van der Waals surface area (Å²) in [6.45, 7) is 6.25. The van der Waals surface area contributed by atoms with Crippen molar-refractivity contribution in [2.75, 3.05) is 13.2 Å². The van der Waals surface area contributed by atoms with Crippen molar-refractivity contribution in [2.45, 2.75) is 32.3 Å². The largest absolute Gasteiger partial charge is 0.478 e. The highest BCUT2D eigenvalue weighted by molar-refractivity contribution is 6.02. The molecule has 1 aromatic carbocycles. The van der Waals surface area contributed by atoms with Gasteiger partial charge in [-0.05, 0) is 25.5 Å². The molecule has 0 amide bonds. The molecule has 0 saturated carbocycles. The van der Waals surface area contributed by atoms with Crippen LogP contribution in [0.2, 0.25) is 0 Å². The van der Waals surface area contributed by atoms with Crippen LogP contribution in [-0.2, 0) is 14.3 Å². The van der Waals surface area contributed by atoms with Crippen LogP contribution >= 0.6 is 0 Å². The first-order valence-electron chi connectivity index (χ1n) is 7.74. The summed E-state index contributed by atoms with van der Waals surface area (Å²) in [7, 11) is 0. The fourth-order valence-corrected chi connectivity index (χ4v) is 1.93. The van der Waals surface area contributed by atoms with Gasteiger partial charge in [0.25, 0.3) is 0 Å². The minimum atomic E-state index is -1.39. The summed E-state index contributed by atoms with van der Waals surface area (Å²) in [5.41, 5.74) is -1.41. The molecule has 2 N–H and O–H groups in total. The number of hydrogen-bond acceptors (Lipinski definition) is 6. The van der Waals surface area contributed by atoms with Gasteiger partial charge in [-0.25, -0.2) is 14.4 Å². The van der Waals surface area contributed by atoms with Crippen LogP contribution in [0.5, 0.6) is 0 Å². The fraction of sp³-hybridized carbons (Fsp3) is 0.389. The summed E-state index contributed by atoms with van der Waals surface area (Å²) < 4.78 is 10.00. The lowest BCUT2D eigenvalue weighted by Gasteiger charge is -2.26. The van der Waals surface area contributed by atoms with E-state index in [1.165, 1.54) is 31.2 Å². The Hall–Kier alpha value is -2.67. The van der Waals surface area contributed by atoms with Gasteiger partial charge in [0, 0.05) is 12.0 Å². The van der Waals surface area contributed by atoms with Gasteiger partial charge in [0.1, 0.15) is 12.2 Å². The average molecular weight is 350 g/mol. The first-order chi connectivity index (χ1) is 11.7. The van der Waals surface area contributed by atoms with Crippen molar-refractivity contribution >= 4 is 17.9 Å². The highest BCUT2D eigenvalue weighted by Gasteiger charge is 2.28. The molecule has 1 atom stereocenters. The summed E-state index contributed by atoms with van der Waals surface area (Å²) in [5, 5.41) is 19.5. The summed E-state index contributed by atoms with van der Waals surface area (Å²) >= 11 is 0. The Balaban J connectivity index is 2.67. The van der Waals surface area contributed by atoms with E-state index in [4.69, 9.17) is 14.6 Å². The van der Waals surface area contributed by atoms with E-state index in [9.17, 15) is 19.5 Å². The highest BCUT2D eigenvalue weighted by atomic mass is 16.5. The zero-order valence-electron chi connectivity index (χ0n) is 14.3. The lowest BCUT2D eigenvalue weighted by Crippen LogP contribution is -2.36. The quantitative estimate of drug-likeness (QED) is 0.519. The van der Waals surface area contributed by atoms with Gasteiger partial charge >= 0.3 is 17.9 Å². The van der Waals surface area contributed by atoms with E-state index in [0.717, 1.165) is 0 Å². The minimum absolute atomic E-state index is 0.0563. The molecule has 0 aliphatic heterocycles. The summed E-state index contributed by atoms with van der Waals surface area (Å²) in [5.74, 6) is -2.65. The number of carbonyl (C=O) groups is 3. The Labute approximate surface area is 145 Å². The SMILES string of the molecule is C=C(C)C(=O)OCCC(O)(CC)COC(=O)c1ccccc1C(=O)O. The van der Waals surface area contributed by atoms with Crippen LogP contribution in [0.15, 0.2) is 36.4 Å². The monoisotopic (exact) mass is 350 g/mol. The topological polar surface area (TPSA) is 110 Å². The van der Waals surface area contributed by atoms with Crippen molar-refractivity contribution in [3.63, 3.8) is 0 Å². The normalized spacial score (nSPS) is 12.8. The Kier molecular flexibility index (Phi) is 7.32. The number of rotatable bonds is 9. The van der Waals surface area contributed by atoms with Gasteiger partial charge < -0.3 is 19.7 Å². The Morgan fingerprint density at radius 3 is 2.28 bits per heavy atom. The van der Waals surface area contributed by atoms with Crippen LogP contribution < -0.4 is 0 Å². The number of aromatic carboxylic acids is 1. The lowest BCUT2D eigenvalue weighted by molar-refractivity contribution is -0.141. The minimum Gasteiger partial charge on any atom is -0.478 e. The number of aliphatic hydroxyl groups is 1. The van der Waals surface area contributed by atoms with E-state index >= 15 is 0 Å². The molecule has 0 radical (unpaired) electrons. The van der Waals surface area contributed by atoms with Crippen molar-refractivity contribution in [3.8, 4) is 0 Å². The Morgan fingerprint density at radius 1 is 1.16 bits per heavy atom. The molecule has 1 aromatic rings. The predicted molar refractivity (Wildman–Crippen MR) is 89.3 cm³/mol. The van der Waals surface area contributed by atoms with Gasteiger partial charge in [-0.3, -0.25) is 0 Å². The molecule has 1 rings (SSSR count). The van der Waals surface area contributed by atoms with Crippen LogP contribution in [0.4, 0.5) is 0 Å². The van der Waals surface area contributed by atoms with Gasteiger partial charge in [0.05, 0.1) is 17.7 Å². The third-order valence-corrected chi connectivity index (χ3v) is 3.66. The molecule has 7 heteroatoms. The number of benzene rings is 1. The van der Waals surface area contributed by atoms with Gasteiger partial charge in [0.2, 0.25) is 0 Å². The van der Waals surface area contributed by atoms with Crippen LogP contribution in [0.3, 0.4) is 0 Å². The molecular weight excluding hydrogens is 328 g/mol. The zero-order valence-corrected chi connectivity index (χ0v) is 14.3. The van der Waals surface area contributed by atoms with Crippen LogP contribution in [0.25, 0.3) is 0 Å². The third-order valence-electron chi connectivity index (χ3n) is 3.66. The van der Waals surface area contributed by atoms with Crippen LogP contribution in [-0.4, -0.2) is 46.9 Å². The van der Waals surface area contributed by atoms with Gasteiger partial charge in [0.15, 0.2) is 0 Å². The smallest absolute Gasteiger partial charge is 0.339 e. The predicted octanol–water partition coefficient (Wildman–Crippen LogP) is 2.19. The maximum atomic E-state index is 12.1. The molecule has 0 aliphatic carbocycles. The summed E-state index contributed by atoms with van der Waals surface area (Å²) in [6, 6.07) is 5.65. The van der Waals surface area contributed by atoms with Crippen molar-refractivity contribution in [3.05, 3.63) is 47.5 Å². The average Bonchev–Trinajstić information content (AvgIpc) is 2.59. The van der Waals surface area contributed by atoms with Crippen molar-refractivity contribution < 1.29 is 34.1 Å². The number of carboxylic acids is 1. The van der Waals surface area contributed by atoms with E-state index in [1.54, 1.807) is 6.92 Å². The molecule has 0 aromatic heterocycles. The third kappa shape index (κ3) is 6.04. The Morgan fingerprint density at radius 2 is 1.76 bits per heavy atom. The number of esters is 2. The van der Waals surface area contributed by atoms with E-state index in [2.05, 4.69) is 6.58 Å². The molecule has 0 spiro atoms. The second-order valence-corrected chi connectivity index (χ2v) is 5.67. The summed E-state index contributed by atoms with van der Waals surface area (Å²) in [6.07, 6.45) is 0.321. The number of carbonyl (C=O) groups excluding carboxylic acids is 2.